The molecule has 7 nitrogen and oxygen atoms in total. The number of pyridine rings is 1. The highest BCUT2D eigenvalue weighted by atomic mass is 16.6. The van der Waals surface area contributed by atoms with Gasteiger partial charge in [-0.05, 0) is 64.0 Å². The van der Waals surface area contributed by atoms with Crippen LogP contribution in [0.25, 0.3) is 0 Å². The highest BCUT2D eigenvalue weighted by Crippen LogP contribution is 2.55. The summed E-state index contributed by atoms with van der Waals surface area (Å²) in [5.41, 5.74) is 1.24. The molecule has 1 aromatic heterocycles. The van der Waals surface area contributed by atoms with E-state index in [0.717, 1.165) is 49.1 Å². The maximum atomic E-state index is 13.8. The zero-order valence-corrected chi connectivity index (χ0v) is 18.5. The molecule has 0 radical (unpaired) electrons. The van der Waals surface area contributed by atoms with Crippen molar-refractivity contribution in [3.63, 3.8) is 0 Å². The third kappa shape index (κ3) is 3.98. The van der Waals surface area contributed by atoms with Crippen molar-refractivity contribution in [3.05, 3.63) is 23.5 Å². The Labute approximate surface area is 178 Å². The molecule has 2 fully saturated rings. The first-order valence-corrected chi connectivity index (χ1v) is 11.0. The molecule has 164 valence electrons. The average Bonchev–Trinajstić information content (AvgIpc) is 3.22. The van der Waals surface area contributed by atoms with Crippen molar-refractivity contribution in [2.45, 2.75) is 77.5 Å². The Morgan fingerprint density at radius 1 is 1.33 bits per heavy atom. The molecule has 0 bridgehead atoms. The number of amides is 2. The minimum absolute atomic E-state index is 0.00654. The van der Waals surface area contributed by atoms with Gasteiger partial charge in [-0.1, -0.05) is 6.42 Å². The molecule has 2 heterocycles. The normalized spacial score (nSPS) is 27.9. The monoisotopic (exact) mass is 415 g/mol. The molecule has 7 heteroatoms. The number of methoxy groups -OCH3 is 1. The van der Waals surface area contributed by atoms with Crippen LogP contribution in [0.2, 0.25) is 0 Å². The molecule has 1 aromatic rings. The fraction of sp³-hybridized carbons (Fsp3) is 0.696. The van der Waals surface area contributed by atoms with E-state index >= 15 is 0 Å². The second-order valence-corrected chi connectivity index (χ2v) is 9.99. The fourth-order valence-electron chi connectivity index (χ4n) is 5.58. The van der Waals surface area contributed by atoms with Crippen LogP contribution in [0, 0.1) is 11.3 Å². The van der Waals surface area contributed by atoms with Gasteiger partial charge < -0.3 is 19.7 Å². The first kappa shape index (κ1) is 20.9. The topological polar surface area (TPSA) is 80.8 Å². The summed E-state index contributed by atoms with van der Waals surface area (Å²) in [5.74, 6) is 1.30. The van der Waals surface area contributed by atoms with Gasteiger partial charge in [-0.3, -0.25) is 9.78 Å². The SMILES string of the molecule is COc1cnc2c(c1)CN(C(=O)[C@@]13CCC[C@@H]1C[C@@H](NC(=O)OC(C)(C)C)C3)CC2. The molecular formula is C23H33N3O4. The summed E-state index contributed by atoms with van der Waals surface area (Å²) in [6.45, 7) is 6.86. The summed E-state index contributed by atoms with van der Waals surface area (Å²) in [5, 5.41) is 3.02. The molecule has 3 atom stereocenters. The van der Waals surface area contributed by atoms with E-state index in [9.17, 15) is 9.59 Å². The van der Waals surface area contributed by atoms with Crippen LogP contribution in [0.4, 0.5) is 4.79 Å². The maximum absolute atomic E-state index is 13.8. The molecule has 0 unspecified atom stereocenters. The lowest BCUT2D eigenvalue weighted by atomic mass is 9.78. The predicted molar refractivity (Wildman–Crippen MR) is 112 cm³/mol. The van der Waals surface area contributed by atoms with Crippen LogP contribution in [0.3, 0.4) is 0 Å². The van der Waals surface area contributed by atoms with Crippen LogP contribution in [0.15, 0.2) is 12.3 Å². The van der Waals surface area contributed by atoms with Crippen LogP contribution >= 0.6 is 0 Å². The quantitative estimate of drug-likeness (QED) is 0.818. The lowest BCUT2D eigenvalue weighted by molar-refractivity contribution is -0.144. The van der Waals surface area contributed by atoms with E-state index in [1.807, 2.05) is 31.7 Å². The lowest BCUT2D eigenvalue weighted by Crippen LogP contribution is -2.47. The Morgan fingerprint density at radius 3 is 2.87 bits per heavy atom. The molecule has 4 rings (SSSR count). The van der Waals surface area contributed by atoms with Gasteiger partial charge in [-0.2, -0.15) is 0 Å². The molecule has 2 aliphatic carbocycles. The molecule has 0 aromatic carbocycles. The van der Waals surface area contributed by atoms with E-state index in [1.165, 1.54) is 0 Å². The van der Waals surface area contributed by atoms with E-state index < -0.39 is 5.60 Å². The van der Waals surface area contributed by atoms with Gasteiger partial charge in [0.1, 0.15) is 11.4 Å². The Morgan fingerprint density at radius 2 is 2.13 bits per heavy atom. The molecule has 30 heavy (non-hydrogen) atoms. The number of fused-ring (bicyclic) bond motifs is 2. The van der Waals surface area contributed by atoms with Crippen molar-refractivity contribution in [3.8, 4) is 5.75 Å². The Hall–Kier alpha value is -2.31. The molecular weight excluding hydrogens is 382 g/mol. The number of carbonyl (C=O) groups excluding carboxylic acids is 2. The van der Waals surface area contributed by atoms with Crippen LogP contribution in [0.5, 0.6) is 5.75 Å². The number of alkyl carbamates (subject to hydrolysis) is 1. The van der Waals surface area contributed by atoms with Gasteiger partial charge in [-0.25, -0.2) is 4.79 Å². The Kier molecular flexibility index (Phi) is 5.41. The summed E-state index contributed by atoms with van der Waals surface area (Å²) in [7, 11) is 1.63. The van der Waals surface area contributed by atoms with E-state index in [2.05, 4.69) is 10.3 Å². The third-order valence-electron chi connectivity index (χ3n) is 6.82. The summed E-state index contributed by atoms with van der Waals surface area (Å²) < 4.78 is 10.7. The first-order chi connectivity index (χ1) is 14.2. The minimum atomic E-state index is -0.525. The first-order valence-electron chi connectivity index (χ1n) is 11.0. The highest BCUT2D eigenvalue weighted by Gasteiger charge is 2.56. The highest BCUT2D eigenvalue weighted by molar-refractivity contribution is 5.84. The number of hydrogen-bond donors (Lipinski definition) is 1. The number of nitrogens with zero attached hydrogens (tertiary/aromatic N) is 2. The van der Waals surface area contributed by atoms with Crippen molar-refractivity contribution < 1.29 is 19.1 Å². The van der Waals surface area contributed by atoms with Gasteiger partial charge in [0.2, 0.25) is 5.91 Å². The number of nitrogens with one attached hydrogen (secondary N) is 1. The summed E-state index contributed by atoms with van der Waals surface area (Å²) in [6, 6.07) is 1.99. The number of rotatable bonds is 3. The van der Waals surface area contributed by atoms with E-state index in [4.69, 9.17) is 9.47 Å². The predicted octanol–water partition coefficient (Wildman–Crippen LogP) is 3.45. The van der Waals surface area contributed by atoms with Gasteiger partial charge >= 0.3 is 6.09 Å². The standard InChI is InChI=1S/C23H33N3O4/c1-22(2,3)30-21(28)25-17-11-16-6-5-8-23(16,12-17)20(27)26-9-7-19-15(14-26)10-18(29-4)13-24-19/h10,13,16-17H,5-9,11-12,14H2,1-4H3,(H,25,28)/t16-,17-,23-/m1/s1. The molecule has 1 aliphatic heterocycles. The Balaban J connectivity index is 1.47. The summed E-state index contributed by atoms with van der Waals surface area (Å²) in [4.78, 5) is 32.5. The van der Waals surface area contributed by atoms with Crippen LogP contribution < -0.4 is 10.1 Å². The number of aromatic nitrogens is 1. The third-order valence-corrected chi connectivity index (χ3v) is 6.82. The zero-order chi connectivity index (χ0) is 21.5. The number of ether oxygens (including phenoxy) is 2. The number of carbonyl (C=O) groups is 2. The molecule has 0 saturated heterocycles. The molecule has 0 spiro atoms. The van der Waals surface area contributed by atoms with Crippen LogP contribution in [0.1, 0.15) is 64.1 Å². The van der Waals surface area contributed by atoms with Gasteiger partial charge in [0.05, 0.1) is 18.7 Å². The maximum Gasteiger partial charge on any atom is 0.407 e. The van der Waals surface area contributed by atoms with Gasteiger partial charge in [0.25, 0.3) is 0 Å². The van der Waals surface area contributed by atoms with Gasteiger partial charge in [0, 0.05) is 31.2 Å². The molecule has 1 N–H and O–H groups in total. The fourth-order valence-corrected chi connectivity index (χ4v) is 5.58. The average molecular weight is 416 g/mol. The summed E-state index contributed by atoms with van der Waals surface area (Å²) in [6.07, 6.45) is 6.72. The van der Waals surface area contributed by atoms with Gasteiger partial charge in [-0.15, -0.1) is 0 Å². The van der Waals surface area contributed by atoms with Gasteiger partial charge in [0.15, 0.2) is 0 Å². The van der Waals surface area contributed by atoms with E-state index in [0.29, 0.717) is 25.4 Å². The zero-order valence-electron chi connectivity index (χ0n) is 18.5. The molecule has 2 saturated carbocycles. The van der Waals surface area contributed by atoms with Crippen molar-refractivity contribution >= 4 is 12.0 Å². The largest absolute Gasteiger partial charge is 0.495 e. The van der Waals surface area contributed by atoms with Crippen LogP contribution in [-0.4, -0.2) is 47.2 Å². The van der Waals surface area contributed by atoms with E-state index in [-0.39, 0.29) is 23.5 Å². The molecule has 3 aliphatic rings. The number of hydrogen-bond acceptors (Lipinski definition) is 5. The molecule has 2 amide bonds. The minimum Gasteiger partial charge on any atom is -0.495 e. The van der Waals surface area contributed by atoms with Crippen molar-refractivity contribution in [1.82, 2.24) is 15.2 Å². The van der Waals surface area contributed by atoms with Crippen molar-refractivity contribution in [1.29, 1.82) is 0 Å². The second kappa shape index (κ2) is 7.75. The summed E-state index contributed by atoms with van der Waals surface area (Å²) >= 11 is 0. The van der Waals surface area contributed by atoms with E-state index in [1.54, 1.807) is 13.3 Å². The Bertz CT molecular complexity index is 834. The van der Waals surface area contributed by atoms with Crippen LogP contribution in [-0.2, 0) is 22.5 Å². The van der Waals surface area contributed by atoms with Crippen molar-refractivity contribution in [2.75, 3.05) is 13.7 Å². The van der Waals surface area contributed by atoms with Crippen molar-refractivity contribution in [2.24, 2.45) is 11.3 Å². The lowest BCUT2D eigenvalue weighted by Gasteiger charge is -2.37. The smallest absolute Gasteiger partial charge is 0.407 e. The second-order valence-electron chi connectivity index (χ2n) is 9.99.